The molecule has 0 aromatic rings. The maximum atomic E-state index is 5.54. The molecule has 0 rings (SSSR count). The van der Waals surface area contributed by atoms with Gasteiger partial charge in [-0.3, -0.25) is 0 Å². The van der Waals surface area contributed by atoms with Crippen molar-refractivity contribution >= 4 is 0 Å². The van der Waals surface area contributed by atoms with E-state index in [2.05, 4.69) is 26.1 Å². The number of nitrogens with one attached hydrogen (secondary N) is 1. The summed E-state index contributed by atoms with van der Waals surface area (Å²) in [6, 6.07) is 0. The van der Waals surface area contributed by atoms with Crippen molar-refractivity contribution in [1.29, 1.82) is 0 Å². The minimum Gasteiger partial charge on any atom is -0.381 e. The quantitative estimate of drug-likeness (QED) is 0.534. The van der Waals surface area contributed by atoms with Gasteiger partial charge in [0.15, 0.2) is 0 Å². The van der Waals surface area contributed by atoms with Gasteiger partial charge in [0.25, 0.3) is 0 Å². The minimum absolute atomic E-state index is 0.804. The Morgan fingerprint density at radius 2 is 1.73 bits per heavy atom. The number of rotatable bonds is 11. The van der Waals surface area contributed by atoms with Crippen molar-refractivity contribution in [1.82, 2.24) is 5.32 Å². The maximum Gasteiger partial charge on any atom is 0.0469 e. The fourth-order valence-corrected chi connectivity index (χ4v) is 1.74. The summed E-state index contributed by atoms with van der Waals surface area (Å²) in [5.74, 6) is 0.804. The molecule has 0 aromatic carbocycles. The molecule has 1 unspecified atom stereocenters. The van der Waals surface area contributed by atoms with Crippen LogP contribution in [0.4, 0.5) is 0 Å². The first kappa shape index (κ1) is 14.9. The second kappa shape index (κ2) is 12.0. The summed E-state index contributed by atoms with van der Waals surface area (Å²) in [5.41, 5.74) is 0. The van der Waals surface area contributed by atoms with Gasteiger partial charge in [0, 0.05) is 13.2 Å². The standard InChI is InChI=1S/C13H29NO/c1-4-7-13(12-14-9-5-2)8-11-15-10-6-3/h13-14H,4-12H2,1-3H3. The zero-order chi connectivity index (χ0) is 11.4. The Hall–Kier alpha value is -0.0800. The molecule has 15 heavy (non-hydrogen) atoms. The molecule has 0 saturated carbocycles. The van der Waals surface area contributed by atoms with Crippen LogP contribution in [0.5, 0.6) is 0 Å². The largest absolute Gasteiger partial charge is 0.381 e. The third kappa shape index (κ3) is 10.2. The molecule has 0 aromatic heterocycles. The third-order valence-corrected chi connectivity index (χ3v) is 2.58. The molecular formula is C13H29NO. The van der Waals surface area contributed by atoms with Crippen molar-refractivity contribution in [2.24, 2.45) is 5.92 Å². The minimum atomic E-state index is 0.804. The molecule has 0 fully saturated rings. The van der Waals surface area contributed by atoms with Crippen LogP contribution in [-0.2, 0) is 4.74 Å². The topological polar surface area (TPSA) is 21.3 Å². The molecule has 0 heterocycles. The Morgan fingerprint density at radius 3 is 2.33 bits per heavy atom. The molecule has 0 saturated heterocycles. The summed E-state index contributed by atoms with van der Waals surface area (Å²) in [7, 11) is 0. The van der Waals surface area contributed by atoms with Gasteiger partial charge >= 0.3 is 0 Å². The van der Waals surface area contributed by atoms with Crippen LogP contribution in [0.15, 0.2) is 0 Å². The van der Waals surface area contributed by atoms with Gasteiger partial charge in [-0.2, -0.15) is 0 Å². The van der Waals surface area contributed by atoms with E-state index >= 15 is 0 Å². The van der Waals surface area contributed by atoms with Crippen LogP contribution in [0.25, 0.3) is 0 Å². The number of ether oxygens (including phenoxy) is 1. The van der Waals surface area contributed by atoms with Gasteiger partial charge in [0.2, 0.25) is 0 Å². The SMILES string of the molecule is CCCNCC(CCC)CCOCCC. The highest BCUT2D eigenvalue weighted by molar-refractivity contribution is 4.61. The van der Waals surface area contributed by atoms with E-state index in [1.165, 1.54) is 25.7 Å². The van der Waals surface area contributed by atoms with Gasteiger partial charge in [0.05, 0.1) is 0 Å². The van der Waals surface area contributed by atoms with E-state index in [4.69, 9.17) is 4.74 Å². The van der Waals surface area contributed by atoms with E-state index in [9.17, 15) is 0 Å². The van der Waals surface area contributed by atoms with Gasteiger partial charge in [0.1, 0.15) is 0 Å². The van der Waals surface area contributed by atoms with Gasteiger partial charge < -0.3 is 10.1 Å². The normalized spacial score (nSPS) is 13.0. The molecule has 2 heteroatoms. The van der Waals surface area contributed by atoms with E-state index in [1.54, 1.807) is 0 Å². The second-order valence-electron chi connectivity index (χ2n) is 4.26. The van der Waals surface area contributed by atoms with Crippen LogP contribution in [0.3, 0.4) is 0 Å². The van der Waals surface area contributed by atoms with E-state index in [0.717, 1.165) is 38.6 Å². The summed E-state index contributed by atoms with van der Waals surface area (Å²) in [6.45, 7) is 10.8. The van der Waals surface area contributed by atoms with Crippen LogP contribution in [-0.4, -0.2) is 26.3 Å². The highest BCUT2D eigenvalue weighted by Gasteiger charge is 2.06. The molecule has 0 spiro atoms. The molecule has 1 N–H and O–H groups in total. The lowest BCUT2D eigenvalue weighted by Crippen LogP contribution is -2.24. The van der Waals surface area contributed by atoms with Crippen molar-refractivity contribution in [2.45, 2.75) is 52.9 Å². The first-order chi connectivity index (χ1) is 7.35. The van der Waals surface area contributed by atoms with E-state index in [0.29, 0.717) is 0 Å². The van der Waals surface area contributed by atoms with E-state index < -0.39 is 0 Å². The summed E-state index contributed by atoms with van der Waals surface area (Å²) in [5, 5.41) is 3.51. The molecule has 0 amide bonds. The molecule has 1 atom stereocenters. The fourth-order valence-electron chi connectivity index (χ4n) is 1.74. The maximum absolute atomic E-state index is 5.54. The Morgan fingerprint density at radius 1 is 0.933 bits per heavy atom. The molecule has 0 aliphatic heterocycles. The van der Waals surface area contributed by atoms with Crippen LogP contribution in [0.1, 0.15) is 52.9 Å². The predicted octanol–water partition coefficient (Wildman–Crippen LogP) is 3.22. The number of hydrogen-bond donors (Lipinski definition) is 1. The second-order valence-corrected chi connectivity index (χ2v) is 4.26. The first-order valence-electron chi connectivity index (χ1n) is 6.63. The van der Waals surface area contributed by atoms with E-state index in [-0.39, 0.29) is 0 Å². The number of hydrogen-bond acceptors (Lipinski definition) is 2. The Bertz CT molecular complexity index is 117. The van der Waals surface area contributed by atoms with Crippen molar-refractivity contribution in [3.63, 3.8) is 0 Å². The fraction of sp³-hybridized carbons (Fsp3) is 1.00. The van der Waals surface area contributed by atoms with Crippen molar-refractivity contribution < 1.29 is 4.74 Å². The van der Waals surface area contributed by atoms with Gasteiger partial charge in [-0.1, -0.05) is 27.2 Å². The van der Waals surface area contributed by atoms with Crippen LogP contribution in [0.2, 0.25) is 0 Å². The first-order valence-corrected chi connectivity index (χ1v) is 6.63. The molecular weight excluding hydrogens is 186 g/mol. The van der Waals surface area contributed by atoms with Crippen molar-refractivity contribution in [3.8, 4) is 0 Å². The Labute approximate surface area is 95.8 Å². The lowest BCUT2D eigenvalue weighted by molar-refractivity contribution is 0.119. The average Bonchev–Trinajstić information content (AvgIpc) is 2.24. The summed E-state index contributed by atoms with van der Waals surface area (Å²) < 4.78 is 5.54. The highest BCUT2D eigenvalue weighted by Crippen LogP contribution is 2.10. The molecule has 0 aliphatic rings. The monoisotopic (exact) mass is 215 g/mol. The lowest BCUT2D eigenvalue weighted by Gasteiger charge is -2.16. The molecule has 2 nitrogen and oxygen atoms in total. The third-order valence-electron chi connectivity index (χ3n) is 2.58. The van der Waals surface area contributed by atoms with Crippen LogP contribution < -0.4 is 5.32 Å². The van der Waals surface area contributed by atoms with Gasteiger partial charge in [-0.15, -0.1) is 0 Å². The van der Waals surface area contributed by atoms with Crippen molar-refractivity contribution in [3.05, 3.63) is 0 Å². The Kier molecular flexibility index (Phi) is 11.9. The van der Waals surface area contributed by atoms with Crippen LogP contribution >= 0.6 is 0 Å². The summed E-state index contributed by atoms with van der Waals surface area (Å²) in [4.78, 5) is 0. The summed E-state index contributed by atoms with van der Waals surface area (Å²) in [6.07, 6.45) is 6.18. The zero-order valence-corrected chi connectivity index (χ0v) is 10.8. The van der Waals surface area contributed by atoms with Gasteiger partial charge in [-0.05, 0) is 44.7 Å². The Balaban J connectivity index is 3.44. The average molecular weight is 215 g/mol. The molecule has 0 radical (unpaired) electrons. The zero-order valence-electron chi connectivity index (χ0n) is 10.8. The smallest absolute Gasteiger partial charge is 0.0469 e. The predicted molar refractivity (Wildman–Crippen MR) is 67.3 cm³/mol. The highest BCUT2D eigenvalue weighted by atomic mass is 16.5. The van der Waals surface area contributed by atoms with E-state index in [1.807, 2.05) is 0 Å². The molecule has 0 aliphatic carbocycles. The summed E-state index contributed by atoms with van der Waals surface area (Å²) >= 11 is 0. The van der Waals surface area contributed by atoms with Gasteiger partial charge in [-0.25, -0.2) is 0 Å². The van der Waals surface area contributed by atoms with Crippen molar-refractivity contribution in [2.75, 3.05) is 26.3 Å². The van der Waals surface area contributed by atoms with Crippen LogP contribution in [0, 0.1) is 5.92 Å². The molecule has 92 valence electrons. The molecule has 0 bridgehead atoms. The lowest BCUT2D eigenvalue weighted by atomic mass is 10.0.